The maximum absolute atomic E-state index is 13.3. The van der Waals surface area contributed by atoms with Crippen molar-refractivity contribution in [3.8, 4) is 5.75 Å². The second-order valence-corrected chi connectivity index (χ2v) is 7.81. The number of rotatable bonds is 8. The van der Waals surface area contributed by atoms with Gasteiger partial charge in [0, 0.05) is 23.8 Å². The molecule has 2 heterocycles. The topological polar surface area (TPSA) is 74.0 Å². The lowest BCUT2D eigenvalue weighted by atomic mass is 10.2. The van der Waals surface area contributed by atoms with Gasteiger partial charge >= 0.3 is 5.56 Å². The van der Waals surface area contributed by atoms with Crippen molar-refractivity contribution in [2.75, 3.05) is 11.9 Å². The van der Waals surface area contributed by atoms with Crippen LogP contribution in [-0.4, -0.2) is 26.2 Å². The molecule has 4 rings (SSSR count). The van der Waals surface area contributed by atoms with Crippen LogP contribution in [-0.2, 0) is 5.75 Å². The quantitative estimate of drug-likeness (QED) is 0.413. The molecule has 0 atom stereocenters. The molecule has 8 heteroatoms. The molecule has 4 aromatic rings. The lowest BCUT2D eigenvalue weighted by Crippen LogP contribution is -2.30. The van der Waals surface area contributed by atoms with Crippen molar-refractivity contribution in [1.82, 2.24) is 19.5 Å². The number of hydrogen-bond donors (Lipinski definition) is 1. The van der Waals surface area contributed by atoms with Crippen molar-refractivity contribution in [2.24, 2.45) is 0 Å². The number of aryl methyl sites for hydroxylation is 1. The molecule has 0 spiro atoms. The molecule has 0 saturated heterocycles. The van der Waals surface area contributed by atoms with Gasteiger partial charge in [0.15, 0.2) is 0 Å². The molecule has 0 amide bonds. The van der Waals surface area contributed by atoms with Crippen LogP contribution in [0, 0.1) is 6.92 Å². The molecule has 0 radical (unpaired) electrons. The summed E-state index contributed by atoms with van der Waals surface area (Å²) in [6.07, 6.45) is 3.61. The summed E-state index contributed by atoms with van der Waals surface area (Å²) in [5, 5.41) is 12.1. The minimum absolute atomic E-state index is 0.151. The number of anilines is 2. The van der Waals surface area contributed by atoms with E-state index in [0.29, 0.717) is 17.5 Å². The Hall–Kier alpha value is -3.52. The number of hydrogen-bond acceptors (Lipinski definition) is 6. The lowest BCUT2D eigenvalue weighted by molar-refractivity contribution is 0.340. The predicted molar refractivity (Wildman–Crippen MR) is 123 cm³/mol. The molecule has 2 aromatic heterocycles. The smallest absolute Gasteiger partial charge is 0.316 e. The molecule has 0 saturated carbocycles. The summed E-state index contributed by atoms with van der Waals surface area (Å²) in [7, 11) is 0. The fourth-order valence-electron chi connectivity index (χ4n) is 3.08. The highest BCUT2D eigenvalue weighted by Gasteiger charge is 2.14. The second kappa shape index (κ2) is 9.53. The van der Waals surface area contributed by atoms with Gasteiger partial charge in [0.2, 0.25) is 11.0 Å². The monoisotopic (exact) mass is 433 g/mol. The summed E-state index contributed by atoms with van der Waals surface area (Å²) in [5.41, 5.74) is 2.80. The van der Waals surface area contributed by atoms with E-state index in [-0.39, 0.29) is 11.4 Å². The summed E-state index contributed by atoms with van der Waals surface area (Å²) in [6, 6.07) is 19.4. The Kier molecular flexibility index (Phi) is 6.37. The summed E-state index contributed by atoms with van der Waals surface area (Å²) in [6.45, 7) is 4.59. The number of benzene rings is 2. The van der Waals surface area contributed by atoms with Gasteiger partial charge in [0.05, 0.1) is 6.61 Å². The van der Waals surface area contributed by atoms with E-state index in [4.69, 9.17) is 4.74 Å². The highest BCUT2D eigenvalue weighted by atomic mass is 32.2. The zero-order valence-electron chi connectivity index (χ0n) is 17.4. The maximum atomic E-state index is 13.3. The van der Waals surface area contributed by atoms with Gasteiger partial charge < -0.3 is 10.1 Å². The number of ether oxygens (including phenoxy) is 1. The molecule has 0 unspecified atom stereocenters. The first-order valence-corrected chi connectivity index (χ1v) is 10.9. The number of nitrogens with one attached hydrogen (secondary N) is 1. The first-order chi connectivity index (χ1) is 15.1. The zero-order chi connectivity index (χ0) is 21.6. The fraction of sp³-hybridized carbons (Fsp3) is 0.174. The third-order valence-corrected chi connectivity index (χ3v) is 5.50. The van der Waals surface area contributed by atoms with Crippen LogP contribution in [0.25, 0.3) is 0 Å². The van der Waals surface area contributed by atoms with E-state index >= 15 is 0 Å². The molecule has 0 bridgehead atoms. The van der Waals surface area contributed by atoms with E-state index in [1.54, 1.807) is 17.1 Å². The highest BCUT2D eigenvalue weighted by Crippen LogP contribution is 2.22. The van der Waals surface area contributed by atoms with Crippen LogP contribution in [0.4, 0.5) is 11.5 Å². The van der Waals surface area contributed by atoms with E-state index in [9.17, 15) is 4.79 Å². The molecule has 158 valence electrons. The average Bonchev–Trinajstić information content (AvgIpc) is 3.30. The highest BCUT2D eigenvalue weighted by molar-refractivity contribution is 7.98. The van der Waals surface area contributed by atoms with Gasteiger partial charge in [-0.3, -0.25) is 9.47 Å². The number of aromatic nitrogens is 4. The SMILES string of the molecule is CCOc1ccc(Nc2nnc(SCc3cccc(C)c3)n(-n3cccc3)c2=O)cc1. The van der Waals surface area contributed by atoms with E-state index in [2.05, 4.69) is 40.6 Å². The van der Waals surface area contributed by atoms with Crippen LogP contribution in [0.3, 0.4) is 0 Å². The Balaban J connectivity index is 1.62. The normalized spacial score (nSPS) is 10.8. The van der Waals surface area contributed by atoms with Crippen molar-refractivity contribution in [3.63, 3.8) is 0 Å². The fourth-order valence-corrected chi connectivity index (χ4v) is 3.96. The van der Waals surface area contributed by atoms with Crippen LogP contribution in [0.5, 0.6) is 5.75 Å². The van der Waals surface area contributed by atoms with Crippen LogP contribution >= 0.6 is 11.8 Å². The van der Waals surface area contributed by atoms with Crippen molar-refractivity contribution >= 4 is 23.3 Å². The Labute approximate surface area is 184 Å². The molecule has 0 aliphatic heterocycles. The van der Waals surface area contributed by atoms with E-state index in [1.807, 2.05) is 49.4 Å². The summed E-state index contributed by atoms with van der Waals surface area (Å²) < 4.78 is 8.69. The number of nitrogens with zero attached hydrogens (tertiary/aromatic N) is 4. The van der Waals surface area contributed by atoms with Crippen molar-refractivity contribution in [2.45, 2.75) is 24.8 Å². The van der Waals surface area contributed by atoms with Gasteiger partial charge in [-0.25, -0.2) is 0 Å². The minimum atomic E-state index is -0.285. The summed E-state index contributed by atoms with van der Waals surface area (Å²) >= 11 is 1.47. The largest absolute Gasteiger partial charge is 0.494 e. The van der Waals surface area contributed by atoms with Gasteiger partial charge in [-0.05, 0) is 55.8 Å². The van der Waals surface area contributed by atoms with Gasteiger partial charge in [-0.2, -0.15) is 4.68 Å². The van der Waals surface area contributed by atoms with Gasteiger partial charge in [0.25, 0.3) is 0 Å². The Morgan fingerprint density at radius 1 is 1.03 bits per heavy atom. The van der Waals surface area contributed by atoms with Crippen molar-refractivity contribution in [3.05, 3.63) is 94.5 Å². The van der Waals surface area contributed by atoms with Crippen LogP contribution in [0.1, 0.15) is 18.1 Å². The van der Waals surface area contributed by atoms with E-state index in [1.165, 1.54) is 22.0 Å². The first-order valence-electron chi connectivity index (χ1n) is 9.95. The van der Waals surface area contributed by atoms with Crippen molar-refractivity contribution in [1.29, 1.82) is 0 Å². The molecule has 31 heavy (non-hydrogen) atoms. The number of thioether (sulfide) groups is 1. The Bertz CT molecular complexity index is 1200. The molecule has 0 fully saturated rings. The van der Waals surface area contributed by atoms with Gasteiger partial charge in [0.1, 0.15) is 5.75 Å². The molecule has 2 aromatic carbocycles. The summed E-state index contributed by atoms with van der Waals surface area (Å²) in [4.78, 5) is 13.3. The standard InChI is InChI=1S/C23H23N5O2S/c1-3-30-20-11-9-19(10-12-20)24-21-22(29)28(27-13-4-5-14-27)23(26-25-21)31-16-18-8-6-7-17(2)15-18/h4-15H,3,16H2,1-2H3,(H,24,25). The molecular formula is C23H23N5O2S. The Morgan fingerprint density at radius 2 is 1.81 bits per heavy atom. The van der Waals surface area contributed by atoms with Crippen LogP contribution < -0.4 is 15.6 Å². The van der Waals surface area contributed by atoms with E-state index in [0.717, 1.165) is 17.0 Å². The summed E-state index contributed by atoms with van der Waals surface area (Å²) in [5.74, 6) is 1.60. The second-order valence-electron chi connectivity index (χ2n) is 6.87. The third-order valence-electron chi connectivity index (χ3n) is 4.51. The van der Waals surface area contributed by atoms with Gasteiger partial charge in [-0.1, -0.05) is 41.6 Å². The van der Waals surface area contributed by atoms with Crippen molar-refractivity contribution < 1.29 is 4.74 Å². The van der Waals surface area contributed by atoms with Crippen LogP contribution in [0.15, 0.2) is 83.0 Å². The first kappa shape index (κ1) is 20.7. The minimum Gasteiger partial charge on any atom is -0.494 e. The van der Waals surface area contributed by atoms with Gasteiger partial charge in [-0.15, -0.1) is 10.2 Å². The zero-order valence-corrected chi connectivity index (χ0v) is 18.2. The molecule has 0 aliphatic carbocycles. The predicted octanol–water partition coefficient (Wildman–Crippen LogP) is 4.49. The molecule has 7 nitrogen and oxygen atoms in total. The van der Waals surface area contributed by atoms with E-state index < -0.39 is 0 Å². The molecule has 1 N–H and O–H groups in total. The third kappa shape index (κ3) is 4.97. The lowest BCUT2D eigenvalue weighted by Gasteiger charge is -2.14. The maximum Gasteiger partial charge on any atom is 0.316 e. The average molecular weight is 434 g/mol. The van der Waals surface area contributed by atoms with Crippen LogP contribution in [0.2, 0.25) is 0 Å². The molecule has 0 aliphatic rings. The Morgan fingerprint density at radius 3 is 2.52 bits per heavy atom. The molecular weight excluding hydrogens is 410 g/mol.